The number of rotatable bonds is 32. The molecule has 0 aromatic heterocycles. The zero-order valence-electron chi connectivity index (χ0n) is 38.9. The average molecular weight is 950 g/mol. The van der Waals surface area contributed by atoms with Crippen LogP contribution >= 0.6 is 0 Å². The van der Waals surface area contributed by atoms with Gasteiger partial charge in [-0.2, -0.15) is 0 Å². The molecule has 19 nitrogen and oxygen atoms in total. The Morgan fingerprint density at radius 2 is 0.985 bits per heavy atom. The number of carbonyl (C=O) groups is 1. The van der Waals surface area contributed by atoms with E-state index in [0.717, 1.165) is 57.8 Å². The molecule has 3 fully saturated rings. The van der Waals surface area contributed by atoms with Crippen LogP contribution in [0.15, 0.2) is 36.5 Å². The second-order valence-corrected chi connectivity index (χ2v) is 17.6. The van der Waals surface area contributed by atoms with E-state index in [2.05, 4.69) is 43.5 Å². The largest absolute Gasteiger partial charge is 0.394 e. The summed E-state index contributed by atoms with van der Waals surface area (Å²) in [6.45, 7) is 1.55. The number of amides is 1. The van der Waals surface area contributed by atoms with Gasteiger partial charge >= 0.3 is 0 Å². The molecular formula is C47H83NO18. The second-order valence-electron chi connectivity index (χ2n) is 17.6. The molecular weight excluding hydrogens is 867 g/mol. The fourth-order valence-corrected chi connectivity index (χ4v) is 8.01. The third-order valence-corrected chi connectivity index (χ3v) is 12.2. The molecule has 0 aliphatic carbocycles. The van der Waals surface area contributed by atoms with Gasteiger partial charge in [0.05, 0.1) is 38.6 Å². The first kappa shape index (κ1) is 58.3. The van der Waals surface area contributed by atoms with Gasteiger partial charge < -0.3 is 89.9 Å². The molecule has 1 amide bonds. The molecule has 3 saturated heterocycles. The fourth-order valence-electron chi connectivity index (χ4n) is 8.01. The molecule has 0 saturated carbocycles. The van der Waals surface area contributed by atoms with Crippen molar-refractivity contribution >= 4 is 5.91 Å². The maximum absolute atomic E-state index is 13.1. The summed E-state index contributed by atoms with van der Waals surface area (Å²) in [5.41, 5.74) is 0. The standard InChI is InChI=1S/C47H83NO18/c1-3-5-7-9-11-13-15-17-19-21-23-25-35(53)48-30(31(52)24-22-20-18-16-14-12-10-8-6-4-2)29-61-45-41(59)38(56)43(33(27-50)63-45)66-47-42(60)39(57)44(34(28-51)64-47)65-46-40(58)37(55)36(54)32(26-49)62-46/h9,11,14,16,22,24,30-34,36-47,49-52,54-60H,3-8,10,12-13,15,17-21,23,25-29H2,1-2H3,(H,48,53)/b11-9-,16-14+,24-22+. The maximum Gasteiger partial charge on any atom is 0.220 e. The minimum absolute atomic E-state index is 0.224. The van der Waals surface area contributed by atoms with E-state index in [9.17, 15) is 61.0 Å². The van der Waals surface area contributed by atoms with Crippen molar-refractivity contribution in [3.63, 3.8) is 0 Å². The number of aliphatic hydroxyl groups excluding tert-OH is 11. The number of aliphatic hydroxyl groups is 11. The summed E-state index contributed by atoms with van der Waals surface area (Å²) in [4.78, 5) is 13.1. The smallest absolute Gasteiger partial charge is 0.220 e. The van der Waals surface area contributed by atoms with Crippen LogP contribution in [0, 0.1) is 0 Å². The van der Waals surface area contributed by atoms with Crippen molar-refractivity contribution in [3.8, 4) is 0 Å². The van der Waals surface area contributed by atoms with Gasteiger partial charge in [0.1, 0.15) is 73.2 Å². The molecule has 17 atom stereocenters. The molecule has 66 heavy (non-hydrogen) atoms. The van der Waals surface area contributed by atoms with Crippen molar-refractivity contribution < 1.29 is 89.4 Å². The van der Waals surface area contributed by atoms with E-state index in [1.807, 2.05) is 6.08 Å². The second kappa shape index (κ2) is 32.8. The molecule has 3 rings (SSSR count). The van der Waals surface area contributed by atoms with E-state index in [4.69, 9.17) is 28.4 Å². The highest BCUT2D eigenvalue weighted by molar-refractivity contribution is 5.76. The molecule has 12 N–H and O–H groups in total. The highest BCUT2D eigenvalue weighted by atomic mass is 16.8. The quantitative estimate of drug-likeness (QED) is 0.0325. The summed E-state index contributed by atoms with van der Waals surface area (Å²) in [7, 11) is 0. The minimum Gasteiger partial charge on any atom is -0.394 e. The summed E-state index contributed by atoms with van der Waals surface area (Å²) in [6, 6.07) is -0.988. The van der Waals surface area contributed by atoms with Crippen molar-refractivity contribution in [3.05, 3.63) is 36.5 Å². The third-order valence-electron chi connectivity index (χ3n) is 12.2. The van der Waals surface area contributed by atoms with E-state index in [-0.39, 0.29) is 18.9 Å². The molecule has 3 aliphatic rings. The van der Waals surface area contributed by atoms with Crippen LogP contribution in [0.2, 0.25) is 0 Å². The Hall–Kier alpha value is -1.99. The lowest BCUT2D eigenvalue weighted by atomic mass is 9.96. The molecule has 19 heteroatoms. The Balaban J connectivity index is 1.60. The molecule has 0 aromatic rings. The Bertz CT molecular complexity index is 1370. The molecule has 384 valence electrons. The van der Waals surface area contributed by atoms with Gasteiger partial charge in [-0.15, -0.1) is 0 Å². The first-order valence-corrected chi connectivity index (χ1v) is 24.2. The summed E-state index contributed by atoms with van der Waals surface area (Å²) < 4.78 is 34.0. The number of hydrogen-bond acceptors (Lipinski definition) is 18. The van der Waals surface area contributed by atoms with E-state index < -0.39 is 124 Å². The zero-order chi connectivity index (χ0) is 48.4. The van der Waals surface area contributed by atoms with Gasteiger partial charge in [0.2, 0.25) is 5.91 Å². The molecule has 3 heterocycles. The van der Waals surface area contributed by atoms with E-state index >= 15 is 0 Å². The number of hydrogen-bond donors (Lipinski definition) is 12. The van der Waals surface area contributed by atoms with Gasteiger partial charge in [-0.05, 0) is 51.4 Å². The van der Waals surface area contributed by atoms with Gasteiger partial charge in [0.25, 0.3) is 0 Å². The Kier molecular flexibility index (Phi) is 28.9. The van der Waals surface area contributed by atoms with Gasteiger partial charge in [-0.3, -0.25) is 4.79 Å². The summed E-state index contributed by atoms with van der Waals surface area (Å²) in [5.74, 6) is -0.303. The van der Waals surface area contributed by atoms with Gasteiger partial charge in [0.15, 0.2) is 18.9 Å². The highest BCUT2D eigenvalue weighted by Crippen LogP contribution is 2.33. The van der Waals surface area contributed by atoms with Crippen LogP contribution in [-0.4, -0.2) is 193 Å². The Labute approximate surface area is 390 Å². The highest BCUT2D eigenvalue weighted by Gasteiger charge is 2.53. The molecule has 0 bridgehead atoms. The lowest BCUT2D eigenvalue weighted by molar-refractivity contribution is -0.379. The Morgan fingerprint density at radius 1 is 0.530 bits per heavy atom. The number of carbonyl (C=O) groups excluding carboxylic acids is 1. The minimum atomic E-state index is -1.98. The van der Waals surface area contributed by atoms with Crippen LogP contribution in [0.4, 0.5) is 0 Å². The lowest BCUT2D eigenvalue weighted by Crippen LogP contribution is -2.66. The van der Waals surface area contributed by atoms with Crippen LogP contribution in [0.1, 0.15) is 123 Å². The van der Waals surface area contributed by atoms with Gasteiger partial charge in [-0.25, -0.2) is 0 Å². The van der Waals surface area contributed by atoms with Crippen molar-refractivity contribution in [2.75, 3.05) is 26.4 Å². The lowest BCUT2D eigenvalue weighted by Gasteiger charge is -2.48. The Morgan fingerprint density at radius 3 is 1.56 bits per heavy atom. The number of nitrogens with one attached hydrogen (secondary N) is 1. The summed E-state index contributed by atoms with van der Waals surface area (Å²) in [5, 5.41) is 119. The number of allylic oxidation sites excluding steroid dienone is 5. The topological polar surface area (TPSA) is 307 Å². The number of unbranched alkanes of at least 4 members (excludes halogenated alkanes) is 12. The van der Waals surface area contributed by atoms with Crippen molar-refractivity contribution in [1.82, 2.24) is 5.32 Å². The first-order chi connectivity index (χ1) is 31.8. The zero-order valence-corrected chi connectivity index (χ0v) is 38.9. The SMILES string of the molecule is CCCC/C=C\CCCCCCCC(=O)NC(COC1OC(CO)C(OC2OC(CO)C(OC3OC(CO)C(O)C(O)C3O)C(O)C2O)C(O)C1O)C(O)/C=C/CC/C=C/CCCCCC. The van der Waals surface area contributed by atoms with Gasteiger partial charge in [0, 0.05) is 6.42 Å². The maximum atomic E-state index is 13.1. The summed E-state index contributed by atoms with van der Waals surface area (Å²) in [6.07, 6.45) is 1.79. The monoisotopic (exact) mass is 950 g/mol. The predicted octanol–water partition coefficient (Wildman–Crippen LogP) is 0.637. The molecule has 0 radical (unpaired) electrons. The molecule has 3 aliphatic heterocycles. The van der Waals surface area contributed by atoms with Crippen LogP contribution in [0.5, 0.6) is 0 Å². The predicted molar refractivity (Wildman–Crippen MR) is 240 cm³/mol. The average Bonchev–Trinajstić information content (AvgIpc) is 3.31. The first-order valence-electron chi connectivity index (χ1n) is 24.2. The van der Waals surface area contributed by atoms with Crippen LogP contribution in [0.3, 0.4) is 0 Å². The third kappa shape index (κ3) is 19.1. The normalized spacial score (nSPS) is 34.1. The van der Waals surface area contributed by atoms with Crippen molar-refractivity contribution in [2.24, 2.45) is 0 Å². The van der Waals surface area contributed by atoms with Crippen LogP contribution in [-0.2, 0) is 33.2 Å². The summed E-state index contributed by atoms with van der Waals surface area (Å²) >= 11 is 0. The fraction of sp³-hybridized carbons (Fsp3) is 0.851. The molecule has 0 spiro atoms. The van der Waals surface area contributed by atoms with Crippen molar-refractivity contribution in [2.45, 2.75) is 227 Å². The van der Waals surface area contributed by atoms with Gasteiger partial charge in [-0.1, -0.05) is 102 Å². The van der Waals surface area contributed by atoms with E-state index in [1.165, 1.54) is 32.1 Å². The van der Waals surface area contributed by atoms with E-state index in [0.29, 0.717) is 12.8 Å². The molecule has 0 aromatic carbocycles. The van der Waals surface area contributed by atoms with Crippen molar-refractivity contribution in [1.29, 1.82) is 0 Å². The molecule has 17 unspecified atom stereocenters. The van der Waals surface area contributed by atoms with Crippen LogP contribution in [0.25, 0.3) is 0 Å². The number of ether oxygens (including phenoxy) is 6. The van der Waals surface area contributed by atoms with E-state index in [1.54, 1.807) is 6.08 Å². The van der Waals surface area contributed by atoms with Crippen LogP contribution < -0.4 is 5.32 Å².